The average molecular weight is 296 g/mol. The minimum atomic E-state index is -0.775. The summed E-state index contributed by atoms with van der Waals surface area (Å²) in [5.41, 5.74) is 0.957. The van der Waals surface area contributed by atoms with Gasteiger partial charge in [0.1, 0.15) is 11.6 Å². The van der Waals surface area contributed by atoms with Gasteiger partial charge in [0.2, 0.25) is 0 Å². The Morgan fingerprint density at radius 2 is 2.10 bits per heavy atom. The summed E-state index contributed by atoms with van der Waals surface area (Å²) in [4.78, 5) is 0. The summed E-state index contributed by atoms with van der Waals surface area (Å²) < 4.78 is 18.6. The normalized spacial score (nSPS) is 12.0. The van der Waals surface area contributed by atoms with E-state index in [2.05, 4.69) is 5.32 Å². The molecule has 3 nitrogen and oxygen atoms in total. The summed E-state index contributed by atoms with van der Waals surface area (Å²) in [5.74, 6) is 0.253. The van der Waals surface area contributed by atoms with Gasteiger partial charge in [0.15, 0.2) is 0 Å². The molecule has 2 N–H and O–H groups in total. The van der Waals surface area contributed by atoms with E-state index in [1.807, 2.05) is 0 Å². The van der Waals surface area contributed by atoms with Gasteiger partial charge in [-0.05, 0) is 35.9 Å². The monoisotopic (exact) mass is 295 g/mol. The predicted molar refractivity (Wildman–Crippen MR) is 77.9 cm³/mol. The van der Waals surface area contributed by atoms with E-state index in [0.29, 0.717) is 16.3 Å². The number of nitrogens with one attached hydrogen (secondary N) is 1. The lowest BCUT2D eigenvalue weighted by Gasteiger charge is -2.14. The Kier molecular flexibility index (Phi) is 4.82. The van der Waals surface area contributed by atoms with E-state index in [-0.39, 0.29) is 12.2 Å². The number of rotatable bonds is 5. The molecule has 0 aromatic heterocycles. The van der Waals surface area contributed by atoms with Crippen LogP contribution in [0.5, 0.6) is 5.75 Å². The zero-order chi connectivity index (χ0) is 14.5. The van der Waals surface area contributed by atoms with Crippen molar-refractivity contribution in [3.63, 3.8) is 0 Å². The van der Waals surface area contributed by atoms with Crippen LogP contribution in [0.2, 0.25) is 5.02 Å². The van der Waals surface area contributed by atoms with Gasteiger partial charge in [-0.15, -0.1) is 0 Å². The number of hydrogen-bond donors (Lipinski definition) is 2. The van der Waals surface area contributed by atoms with Crippen molar-refractivity contribution < 1.29 is 14.2 Å². The Morgan fingerprint density at radius 3 is 2.85 bits per heavy atom. The number of hydrogen-bond acceptors (Lipinski definition) is 3. The van der Waals surface area contributed by atoms with Crippen molar-refractivity contribution in [2.75, 3.05) is 19.0 Å². The first-order chi connectivity index (χ1) is 9.60. The molecule has 0 aliphatic carbocycles. The first-order valence-corrected chi connectivity index (χ1v) is 6.49. The highest BCUT2D eigenvalue weighted by molar-refractivity contribution is 6.30. The molecule has 0 heterocycles. The Labute approximate surface area is 122 Å². The quantitative estimate of drug-likeness (QED) is 0.885. The third-order valence-corrected chi connectivity index (χ3v) is 3.13. The van der Waals surface area contributed by atoms with Gasteiger partial charge in [-0.1, -0.05) is 23.7 Å². The van der Waals surface area contributed by atoms with Gasteiger partial charge in [0.05, 0.1) is 18.9 Å². The lowest BCUT2D eigenvalue weighted by atomic mass is 10.1. The van der Waals surface area contributed by atoms with Crippen LogP contribution in [0, 0.1) is 5.82 Å². The van der Waals surface area contributed by atoms with E-state index < -0.39 is 11.9 Å². The van der Waals surface area contributed by atoms with Crippen molar-refractivity contribution in [3.05, 3.63) is 58.9 Å². The van der Waals surface area contributed by atoms with E-state index >= 15 is 0 Å². The molecule has 20 heavy (non-hydrogen) atoms. The van der Waals surface area contributed by atoms with E-state index in [4.69, 9.17) is 16.3 Å². The summed E-state index contributed by atoms with van der Waals surface area (Å²) in [7, 11) is 1.56. The van der Waals surface area contributed by atoms with Gasteiger partial charge in [0, 0.05) is 11.6 Å². The van der Waals surface area contributed by atoms with Gasteiger partial charge in [-0.2, -0.15) is 0 Å². The molecule has 106 valence electrons. The third kappa shape index (κ3) is 3.62. The smallest absolute Gasteiger partial charge is 0.146 e. The van der Waals surface area contributed by atoms with Crippen molar-refractivity contribution in [3.8, 4) is 5.75 Å². The van der Waals surface area contributed by atoms with Crippen molar-refractivity contribution in [1.29, 1.82) is 0 Å². The zero-order valence-corrected chi connectivity index (χ0v) is 11.7. The first kappa shape index (κ1) is 14.6. The fraction of sp³-hybridized carbons (Fsp3) is 0.200. The molecular formula is C15H15ClFNO2. The topological polar surface area (TPSA) is 41.5 Å². The summed E-state index contributed by atoms with van der Waals surface area (Å²) >= 11 is 5.80. The van der Waals surface area contributed by atoms with Crippen LogP contribution in [-0.4, -0.2) is 18.8 Å². The molecule has 0 spiro atoms. The zero-order valence-electron chi connectivity index (χ0n) is 10.9. The van der Waals surface area contributed by atoms with Crippen molar-refractivity contribution in [1.82, 2.24) is 0 Å². The summed E-state index contributed by atoms with van der Waals surface area (Å²) in [6.45, 7) is 0.171. The van der Waals surface area contributed by atoms with Crippen molar-refractivity contribution in [2.24, 2.45) is 0 Å². The molecule has 0 saturated heterocycles. The largest absolute Gasteiger partial charge is 0.497 e. The molecule has 2 aromatic rings. The molecule has 2 aromatic carbocycles. The van der Waals surface area contributed by atoms with Crippen LogP contribution in [0.1, 0.15) is 11.7 Å². The Hall–Kier alpha value is -1.78. The van der Waals surface area contributed by atoms with Crippen LogP contribution in [0.3, 0.4) is 0 Å². The fourth-order valence-corrected chi connectivity index (χ4v) is 1.98. The molecule has 0 saturated carbocycles. The summed E-state index contributed by atoms with van der Waals surface area (Å²) in [6, 6.07) is 11.3. The number of anilines is 1. The molecule has 1 unspecified atom stereocenters. The maximum atomic E-state index is 13.5. The number of aliphatic hydroxyl groups excluding tert-OH is 1. The van der Waals surface area contributed by atoms with Crippen LogP contribution in [0.15, 0.2) is 42.5 Å². The maximum absolute atomic E-state index is 13.5. The highest BCUT2D eigenvalue weighted by Gasteiger charge is 2.10. The van der Waals surface area contributed by atoms with Crippen LogP contribution >= 0.6 is 11.6 Å². The Morgan fingerprint density at radius 1 is 1.30 bits per heavy atom. The second kappa shape index (κ2) is 6.59. The Bertz CT molecular complexity index is 592. The standard InChI is InChI=1S/C15H15ClFNO2/c1-20-12-4-2-3-10(7-12)15(19)9-18-14-8-11(16)5-6-13(14)17/h2-8,15,18-19H,9H2,1H3. The second-order valence-corrected chi connectivity index (χ2v) is 4.73. The third-order valence-electron chi connectivity index (χ3n) is 2.89. The predicted octanol–water partition coefficient (Wildman–Crippen LogP) is 3.63. The summed E-state index contributed by atoms with van der Waals surface area (Å²) in [5, 5.41) is 13.4. The molecular weight excluding hydrogens is 281 g/mol. The number of ether oxygens (including phenoxy) is 1. The highest BCUT2D eigenvalue weighted by atomic mass is 35.5. The molecule has 2 rings (SSSR count). The Balaban J connectivity index is 2.04. The van der Waals surface area contributed by atoms with E-state index in [1.54, 1.807) is 31.4 Å². The molecule has 0 aliphatic rings. The molecule has 0 bridgehead atoms. The van der Waals surface area contributed by atoms with Gasteiger partial charge >= 0.3 is 0 Å². The fourth-order valence-electron chi connectivity index (χ4n) is 1.81. The minimum absolute atomic E-state index is 0.171. The number of methoxy groups -OCH3 is 1. The average Bonchev–Trinajstić information content (AvgIpc) is 2.48. The SMILES string of the molecule is COc1cccc(C(O)CNc2cc(Cl)ccc2F)c1. The van der Waals surface area contributed by atoms with Crippen LogP contribution in [0.25, 0.3) is 0 Å². The molecule has 0 radical (unpaired) electrons. The first-order valence-electron chi connectivity index (χ1n) is 6.11. The molecule has 0 fully saturated rings. The molecule has 5 heteroatoms. The van der Waals surface area contributed by atoms with E-state index in [0.717, 1.165) is 0 Å². The van der Waals surface area contributed by atoms with Gasteiger partial charge in [0.25, 0.3) is 0 Å². The van der Waals surface area contributed by atoms with Crippen LogP contribution in [-0.2, 0) is 0 Å². The van der Waals surface area contributed by atoms with E-state index in [9.17, 15) is 9.50 Å². The van der Waals surface area contributed by atoms with E-state index in [1.165, 1.54) is 18.2 Å². The minimum Gasteiger partial charge on any atom is -0.497 e. The van der Waals surface area contributed by atoms with Crippen molar-refractivity contribution in [2.45, 2.75) is 6.10 Å². The summed E-state index contributed by atoms with van der Waals surface area (Å²) in [6.07, 6.45) is -0.775. The second-order valence-electron chi connectivity index (χ2n) is 4.30. The van der Waals surface area contributed by atoms with Crippen LogP contribution in [0.4, 0.5) is 10.1 Å². The number of benzene rings is 2. The maximum Gasteiger partial charge on any atom is 0.146 e. The highest BCUT2D eigenvalue weighted by Crippen LogP contribution is 2.22. The van der Waals surface area contributed by atoms with Gasteiger partial charge < -0.3 is 15.2 Å². The molecule has 1 atom stereocenters. The lowest BCUT2D eigenvalue weighted by molar-refractivity contribution is 0.191. The molecule has 0 aliphatic heterocycles. The molecule has 0 amide bonds. The lowest BCUT2D eigenvalue weighted by Crippen LogP contribution is -2.13. The van der Waals surface area contributed by atoms with Crippen LogP contribution < -0.4 is 10.1 Å². The van der Waals surface area contributed by atoms with Gasteiger partial charge in [-0.25, -0.2) is 4.39 Å². The van der Waals surface area contributed by atoms with Gasteiger partial charge in [-0.3, -0.25) is 0 Å². The number of halogens is 2. The van der Waals surface area contributed by atoms with Crippen molar-refractivity contribution >= 4 is 17.3 Å². The number of aliphatic hydroxyl groups is 1.